The number of pyridine rings is 1. The average Bonchev–Trinajstić information content (AvgIpc) is 3.49. The van der Waals surface area contributed by atoms with Crippen LogP contribution in [0.2, 0.25) is 0 Å². The molecule has 0 atom stereocenters. The van der Waals surface area contributed by atoms with E-state index in [4.69, 9.17) is 4.74 Å². The van der Waals surface area contributed by atoms with E-state index in [1.165, 1.54) is 4.57 Å². The zero-order chi connectivity index (χ0) is 23.2. The number of hydrogen-bond acceptors (Lipinski definition) is 5. The molecule has 0 bridgehead atoms. The Morgan fingerprint density at radius 2 is 1.91 bits per heavy atom. The molecule has 2 aromatic heterocycles. The first-order valence-corrected chi connectivity index (χ1v) is 12.7. The Labute approximate surface area is 192 Å². The lowest BCUT2D eigenvalue weighted by Crippen LogP contribution is -2.17. The summed E-state index contributed by atoms with van der Waals surface area (Å²) in [5, 5.41) is 5.56. The lowest BCUT2D eigenvalue weighted by atomic mass is 9.99. The van der Waals surface area contributed by atoms with Gasteiger partial charge in [-0.3, -0.25) is 4.79 Å². The molecule has 0 unspecified atom stereocenters. The number of sulfone groups is 1. The molecule has 1 saturated carbocycles. The Kier molecular flexibility index (Phi) is 5.32. The summed E-state index contributed by atoms with van der Waals surface area (Å²) in [5.41, 5.74) is 2.07. The van der Waals surface area contributed by atoms with Gasteiger partial charge in [0.2, 0.25) is 0 Å². The van der Waals surface area contributed by atoms with Gasteiger partial charge in [0, 0.05) is 42.2 Å². The minimum Gasteiger partial charge on any atom is -0.493 e. The monoisotopic (exact) mass is 463 g/mol. The standard InChI is InChI=1S/C25H25N3O4S/c1-3-33(30,31)19-8-10-24(32-16-17-5-6-17)22(14-19)23-15-27(2)25(29)20-9-7-18(13-21(20)23)28-12-4-11-26-28/h4,7-15,17H,3,5-6,16H2,1-2H3. The molecule has 1 aliphatic rings. The Hall–Kier alpha value is -3.39. The summed E-state index contributed by atoms with van der Waals surface area (Å²) in [7, 11) is -1.72. The number of aromatic nitrogens is 3. The van der Waals surface area contributed by atoms with Crippen molar-refractivity contribution in [2.75, 3.05) is 12.4 Å². The number of ether oxygens (including phenoxy) is 1. The minimum atomic E-state index is -3.42. The molecule has 0 radical (unpaired) electrons. The molecular weight excluding hydrogens is 438 g/mol. The lowest BCUT2D eigenvalue weighted by molar-refractivity contribution is 0.301. The Balaban J connectivity index is 1.77. The SMILES string of the molecule is CCS(=O)(=O)c1ccc(OCC2CC2)c(-c2cn(C)c(=O)c3ccc(-n4cccn4)cc23)c1. The third-order valence-corrected chi connectivity index (χ3v) is 7.82. The van der Waals surface area contributed by atoms with Crippen LogP contribution in [-0.4, -0.2) is 35.1 Å². The number of benzene rings is 2. The van der Waals surface area contributed by atoms with E-state index in [1.807, 2.05) is 24.4 Å². The predicted molar refractivity (Wildman–Crippen MR) is 128 cm³/mol. The van der Waals surface area contributed by atoms with Gasteiger partial charge in [-0.05, 0) is 66.6 Å². The van der Waals surface area contributed by atoms with Crippen molar-refractivity contribution in [2.45, 2.75) is 24.7 Å². The van der Waals surface area contributed by atoms with Crippen LogP contribution in [0, 0.1) is 5.92 Å². The van der Waals surface area contributed by atoms with Crippen LogP contribution in [0.1, 0.15) is 19.8 Å². The topological polar surface area (TPSA) is 83.2 Å². The van der Waals surface area contributed by atoms with Crippen molar-refractivity contribution < 1.29 is 13.2 Å². The van der Waals surface area contributed by atoms with E-state index in [0.29, 0.717) is 34.6 Å². The minimum absolute atomic E-state index is 0.00614. The average molecular weight is 464 g/mol. The molecule has 5 rings (SSSR count). The van der Waals surface area contributed by atoms with Gasteiger partial charge in [-0.15, -0.1) is 0 Å². The predicted octanol–water partition coefficient (Wildman–Crippen LogP) is 3.97. The molecule has 0 N–H and O–H groups in total. The van der Waals surface area contributed by atoms with Crippen LogP contribution in [0.15, 0.2) is 70.7 Å². The fourth-order valence-electron chi connectivity index (χ4n) is 3.93. The summed E-state index contributed by atoms with van der Waals surface area (Å²) in [6.07, 6.45) is 7.57. The van der Waals surface area contributed by atoms with E-state index in [2.05, 4.69) is 5.10 Å². The van der Waals surface area contributed by atoms with Gasteiger partial charge < -0.3 is 9.30 Å². The van der Waals surface area contributed by atoms with E-state index >= 15 is 0 Å². The van der Waals surface area contributed by atoms with Crippen LogP contribution in [0.25, 0.3) is 27.6 Å². The fraction of sp³-hybridized carbons (Fsp3) is 0.280. The number of aryl methyl sites for hydroxylation is 1. The van der Waals surface area contributed by atoms with E-state index < -0.39 is 9.84 Å². The molecule has 0 saturated heterocycles. The van der Waals surface area contributed by atoms with Crippen LogP contribution < -0.4 is 10.3 Å². The summed E-state index contributed by atoms with van der Waals surface area (Å²) in [6.45, 7) is 2.22. The Morgan fingerprint density at radius 1 is 1.09 bits per heavy atom. The van der Waals surface area contributed by atoms with Gasteiger partial charge in [0.15, 0.2) is 9.84 Å². The number of fused-ring (bicyclic) bond motifs is 1. The highest BCUT2D eigenvalue weighted by Crippen LogP contribution is 2.38. The molecule has 0 spiro atoms. The van der Waals surface area contributed by atoms with Crippen molar-refractivity contribution in [3.63, 3.8) is 0 Å². The second-order valence-electron chi connectivity index (χ2n) is 8.46. The molecule has 8 heteroatoms. The summed E-state index contributed by atoms with van der Waals surface area (Å²) >= 11 is 0. The van der Waals surface area contributed by atoms with Gasteiger partial charge in [0.05, 0.1) is 22.9 Å². The third kappa shape index (κ3) is 4.06. The molecule has 2 aromatic carbocycles. The first-order valence-electron chi connectivity index (χ1n) is 11.0. The first kappa shape index (κ1) is 21.5. The maximum Gasteiger partial charge on any atom is 0.258 e. The Morgan fingerprint density at radius 3 is 2.61 bits per heavy atom. The van der Waals surface area contributed by atoms with Crippen LogP contribution in [-0.2, 0) is 16.9 Å². The highest BCUT2D eigenvalue weighted by molar-refractivity contribution is 7.91. The van der Waals surface area contributed by atoms with E-state index in [-0.39, 0.29) is 16.2 Å². The summed E-state index contributed by atoms with van der Waals surface area (Å²) in [4.78, 5) is 13.1. The van der Waals surface area contributed by atoms with Gasteiger partial charge in [-0.1, -0.05) is 6.92 Å². The molecule has 1 aliphatic carbocycles. The zero-order valence-corrected chi connectivity index (χ0v) is 19.4. The first-order chi connectivity index (χ1) is 15.9. The van der Waals surface area contributed by atoms with Crippen molar-refractivity contribution in [3.8, 4) is 22.6 Å². The van der Waals surface area contributed by atoms with Crippen LogP contribution in [0.3, 0.4) is 0 Å². The molecule has 1 fully saturated rings. The lowest BCUT2D eigenvalue weighted by Gasteiger charge is -2.16. The zero-order valence-electron chi connectivity index (χ0n) is 18.6. The van der Waals surface area contributed by atoms with E-state index in [0.717, 1.165) is 24.1 Å². The largest absolute Gasteiger partial charge is 0.493 e. The van der Waals surface area contributed by atoms with E-state index in [9.17, 15) is 13.2 Å². The maximum absolute atomic E-state index is 12.9. The van der Waals surface area contributed by atoms with Crippen molar-refractivity contribution in [1.82, 2.24) is 14.3 Å². The molecule has 33 heavy (non-hydrogen) atoms. The maximum atomic E-state index is 12.9. The van der Waals surface area contributed by atoms with Crippen LogP contribution >= 0.6 is 0 Å². The quantitative estimate of drug-likeness (QED) is 0.414. The normalized spacial score (nSPS) is 14.0. The van der Waals surface area contributed by atoms with Crippen LogP contribution in [0.4, 0.5) is 0 Å². The fourth-order valence-corrected chi connectivity index (χ4v) is 4.84. The summed E-state index contributed by atoms with van der Waals surface area (Å²) in [6, 6.07) is 12.4. The molecule has 0 aliphatic heterocycles. The molecule has 170 valence electrons. The second kappa shape index (κ2) is 8.19. The second-order valence-corrected chi connectivity index (χ2v) is 10.7. The van der Waals surface area contributed by atoms with Crippen molar-refractivity contribution in [1.29, 1.82) is 0 Å². The van der Waals surface area contributed by atoms with E-state index in [1.54, 1.807) is 55.3 Å². The summed E-state index contributed by atoms with van der Waals surface area (Å²) < 4.78 is 34.7. The molecular formula is C25H25N3O4S. The van der Waals surface area contributed by atoms with Crippen molar-refractivity contribution >= 4 is 20.6 Å². The van der Waals surface area contributed by atoms with Crippen LogP contribution in [0.5, 0.6) is 5.75 Å². The van der Waals surface area contributed by atoms with Gasteiger partial charge >= 0.3 is 0 Å². The summed E-state index contributed by atoms with van der Waals surface area (Å²) in [5.74, 6) is 1.16. The number of hydrogen-bond donors (Lipinski definition) is 0. The highest BCUT2D eigenvalue weighted by atomic mass is 32.2. The molecule has 0 amide bonds. The van der Waals surface area contributed by atoms with Gasteiger partial charge in [0.25, 0.3) is 5.56 Å². The molecule has 2 heterocycles. The molecule has 4 aromatic rings. The van der Waals surface area contributed by atoms with Gasteiger partial charge in [0.1, 0.15) is 5.75 Å². The van der Waals surface area contributed by atoms with Gasteiger partial charge in [-0.2, -0.15) is 5.10 Å². The third-order valence-electron chi connectivity index (χ3n) is 6.09. The number of nitrogens with zero attached hydrogens (tertiary/aromatic N) is 3. The van der Waals surface area contributed by atoms with Crippen molar-refractivity contribution in [3.05, 3.63) is 71.4 Å². The Bertz CT molecular complexity index is 1500. The molecule has 7 nitrogen and oxygen atoms in total. The number of rotatable bonds is 7. The smallest absolute Gasteiger partial charge is 0.258 e. The van der Waals surface area contributed by atoms with Crippen molar-refractivity contribution in [2.24, 2.45) is 13.0 Å². The highest BCUT2D eigenvalue weighted by Gasteiger charge is 2.24. The van der Waals surface area contributed by atoms with Gasteiger partial charge in [-0.25, -0.2) is 13.1 Å².